The number of hydrogen-bond donors (Lipinski definition) is 1. The van der Waals surface area contributed by atoms with E-state index >= 15 is 0 Å². The standard InChI is InChI=1S/C43H35N2O4P/c1-3-45(4-2)30-24-25-36-39(28-30)48-38-26-23-29(27-37(38)43(36)35-21-13-11-19-33(35)42(47)49-43)44-41(46)34-20-12-14-22-40(34)50(31-15-7-5-8-16-31)32-17-9-6-10-18-32/h5-28H,3-4H2,1-2H3,(H,44,46). The fourth-order valence-electron chi connectivity index (χ4n) is 7.16. The number of amides is 1. The number of carbonyl (C=O) groups is 2. The first-order valence-corrected chi connectivity index (χ1v) is 18.2. The number of carbonyl (C=O) groups excluding carboxylic acids is 2. The number of anilines is 2. The molecule has 7 heteroatoms. The SMILES string of the molecule is CCN(CC)c1ccc2c(c1)Oc1ccc(NC(=O)c3ccccc3P(c3ccccc3)c3ccccc3)cc1C21OC(=O)c2ccccc21. The zero-order valence-corrected chi connectivity index (χ0v) is 28.7. The molecule has 2 heterocycles. The number of benzene rings is 6. The largest absolute Gasteiger partial charge is 0.456 e. The molecule has 0 aliphatic carbocycles. The van der Waals surface area contributed by atoms with Crippen LogP contribution in [0.3, 0.4) is 0 Å². The molecule has 2 aliphatic rings. The highest BCUT2D eigenvalue weighted by Gasteiger charge is 2.53. The average molecular weight is 675 g/mol. The molecule has 1 N–H and O–H groups in total. The summed E-state index contributed by atoms with van der Waals surface area (Å²) in [4.78, 5) is 30.0. The number of nitrogens with zero attached hydrogens (tertiary/aromatic N) is 1. The number of nitrogens with one attached hydrogen (secondary N) is 1. The first kappa shape index (κ1) is 31.6. The average Bonchev–Trinajstić information content (AvgIpc) is 3.46. The van der Waals surface area contributed by atoms with Crippen molar-refractivity contribution in [1.29, 1.82) is 0 Å². The molecule has 8 rings (SSSR count). The minimum atomic E-state index is -1.24. The second-order valence-electron chi connectivity index (χ2n) is 12.3. The van der Waals surface area contributed by atoms with Crippen LogP contribution in [0.1, 0.15) is 51.3 Å². The van der Waals surface area contributed by atoms with Crippen LogP contribution < -0.4 is 30.9 Å². The summed E-state index contributed by atoms with van der Waals surface area (Å²) in [7, 11) is -1.01. The molecule has 1 amide bonds. The molecular weight excluding hydrogens is 639 g/mol. The van der Waals surface area contributed by atoms with Crippen LogP contribution in [0.4, 0.5) is 11.4 Å². The number of fused-ring (bicyclic) bond motifs is 6. The fraction of sp³-hybridized carbons (Fsp3) is 0.116. The van der Waals surface area contributed by atoms with Gasteiger partial charge >= 0.3 is 5.97 Å². The molecular formula is C43H35N2O4P. The molecule has 246 valence electrons. The lowest BCUT2D eigenvalue weighted by Crippen LogP contribution is -2.33. The van der Waals surface area contributed by atoms with Gasteiger partial charge in [0.25, 0.3) is 5.91 Å². The van der Waals surface area contributed by atoms with E-state index in [0.29, 0.717) is 33.9 Å². The van der Waals surface area contributed by atoms with Gasteiger partial charge in [-0.25, -0.2) is 4.79 Å². The Morgan fingerprint density at radius 2 is 1.34 bits per heavy atom. The van der Waals surface area contributed by atoms with E-state index in [0.717, 1.165) is 45.8 Å². The van der Waals surface area contributed by atoms with Crippen molar-refractivity contribution in [3.05, 3.63) is 173 Å². The monoisotopic (exact) mass is 674 g/mol. The minimum Gasteiger partial charge on any atom is -0.456 e. The summed E-state index contributed by atoms with van der Waals surface area (Å²) in [6, 6.07) is 47.6. The van der Waals surface area contributed by atoms with Crippen LogP contribution in [0.2, 0.25) is 0 Å². The maximum Gasteiger partial charge on any atom is 0.340 e. The Balaban J connectivity index is 1.21. The summed E-state index contributed by atoms with van der Waals surface area (Å²) in [6.45, 7) is 5.93. The van der Waals surface area contributed by atoms with Gasteiger partial charge in [-0.15, -0.1) is 0 Å². The fourth-order valence-corrected chi connectivity index (χ4v) is 9.61. The van der Waals surface area contributed by atoms with E-state index in [4.69, 9.17) is 9.47 Å². The Kier molecular flexibility index (Phi) is 8.18. The summed E-state index contributed by atoms with van der Waals surface area (Å²) < 4.78 is 13.0. The van der Waals surface area contributed by atoms with Crippen LogP contribution in [0.5, 0.6) is 11.5 Å². The first-order chi connectivity index (χ1) is 24.5. The normalized spacial score (nSPS) is 15.5. The van der Waals surface area contributed by atoms with Gasteiger partial charge in [0.2, 0.25) is 0 Å². The third kappa shape index (κ3) is 5.24. The number of hydrogen-bond acceptors (Lipinski definition) is 5. The molecule has 6 aromatic rings. The molecule has 0 saturated heterocycles. The minimum absolute atomic E-state index is 0.223. The van der Waals surface area contributed by atoms with Gasteiger partial charge in [-0.2, -0.15) is 0 Å². The summed E-state index contributed by atoms with van der Waals surface area (Å²) in [5, 5.41) is 6.46. The van der Waals surface area contributed by atoms with Crippen molar-refractivity contribution >= 4 is 47.1 Å². The molecule has 1 spiro atoms. The van der Waals surface area contributed by atoms with E-state index in [1.165, 1.54) is 0 Å². The molecule has 1 atom stereocenters. The summed E-state index contributed by atoms with van der Waals surface area (Å²) >= 11 is 0. The van der Waals surface area contributed by atoms with Crippen LogP contribution in [0.25, 0.3) is 0 Å². The highest BCUT2D eigenvalue weighted by atomic mass is 31.1. The highest BCUT2D eigenvalue weighted by Crippen LogP contribution is 2.57. The molecule has 0 saturated carbocycles. The predicted octanol–water partition coefficient (Wildman–Crippen LogP) is 8.11. The van der Waals surface area contributed by atoms with Gasteiger partial charge in [-0.05, 0) is 80.1 Å². The molecule has 0 fully saturated rings. The molecule has 6 nitrogen and oxygen atoms in total. The van der Waals surface area contributed by atoms with Gasteiger partial charge in [0.1, 0.15) is 11.5 Å². The van der Waals surface area contributed by atoms with Crippen molar-refractivity contribution in [2.24, 2.45) is 0 Å². The highest BCUT2D eigenvalue weighted by molar-refractivity contribution is 7.80. The van der Waals surface area contributed by atoms with Crippen molar-refractivity contribution in [3.8, 4) is 11.5 Å². The van der Waals surface area contributed by atoms with E-state index in [1.807, 2.05) is 103 Å². The Labute approximate surface area is 293 Å². The summed E-state index contributed by atoms with van der Waals surface area (Å²) in [6.07, 6.45) is 0. The Bertz CT molecular complexity index is 2200. The molecule has 2 aliphatic heterocycles. The zero-order valence-electron chi connectivity index (χ0n) is 27.8. The Hall–Kier alpha value is -5.71. The van der Waals surface area contributed by atoms with Crippen LogP contribution in [-0.4, -0.2) is 25.0 Å². The van der Waals surface area contributed by atoms with Gasteiger partial charge in [-0.3, -0.25) is 4.79 Å². The predicted molar refractivity (Wildman–Crippen MR) is 201 cm³/mol. The summed E-state index contributed by atoms with van der Waals surface area (Å²) in [5.74, 6) is 0.575. The molecule has 0 bridgehead atoms. The van der Waals surface area contributed by atoms with Crippen molar-refractivity contribution in [1.82, 2.24) is 0 Å². The van der Waals surface area contributed by atoms with E-state index in [-0.39, 0.29) is 5.91 Å². The lowest BCUT2D eigenvalue weighted by atomic mass is 9.77. The third-order valence-electron chi connectivity index (χ3n) is 9.50. The van der Waals surface area contributed by atoms with Gasteiger partial charge in [-0.1, -0.05) is 97.1 Å². The van der Waals surface area contributed by atoms with Gasteiger partial charge in [0, 0.05) is 52.8 Å². The van der Waals surface area contributed by atoms with E-state index in [1.54, 1.807) is 6.07 Å². The van der Waals surface area contributed by atoms with Crippen LogP contribution in [0.15, 0.2) is 146 Å². The smallest absolute Gasteiger partial charge is 0.340 e. The maximum absolute atomic E-state index is 14.3. The Morgan fingerprint density at radius 1 is 0.680 bits per heavy atom. The van der Waals surface area contributed by atoms with Crippen LogP contribution >= 0.6 is 7.92 Å². The molecule has 0 radical (unpaired) electrons. The second-order valence-corrected chi connectivity index (χ2v) is 14.4. The lowest BCUT2D eigenvalue weighted by Gasteiger charge is -2.37. The summed E-state index contributed by atoms with van der Waals surface area (Å²) in [5.41, 5.74) is 3.60. The van der Waals surface area contributed by atoms with Gasteiger partial charge in [0.05, 0.1) is 5.56 Å². The molecule has 50 heavy (non-hydrogen) atoms. The van der Waals surface area contributed by atoms with Crippen molar-refractivity contribution in [2.75, 3.05) is 23.3 Å². The second kappa shape index (κ2) is 13.0. The van der Waals surface area contributed by atoms with Crippen molar-refractivity contribution < 1.29 is 19.1 Å². The van der Waals surface area contributed by atoms with Crippen LogP contribution in [-0.2, 0) is 10.3 Å². The first-order valence-electron chi connectivity index (χ1n) is 16.9. The number of rotatable bonds is 8. The van der Waals surface area contributed by atoms with Crippen molar-refractivity contribution in [2.45, 2.75) is 19.4 Å². The topological polar surface area (TPSA) is 67.9 Å². The van der Waals surface area contributed by atoms with E-state index < -0.39 is 19.5 Å². The quantitative estimate of drug-likeness (QED) is 0.131. The van der Waals surface area contributed by atoms with Gasteiger partial charge in [0.15, 0.2) is 5.60 Å². The van der Waals surface area contributed by atoms with Crippen molar-refractivity contribution in [3.63, 3.8) is 0 Å². The molecule has 6 aromatic carbocycles. The lowest BCUT2D eigenvalue weighted by molar-refractivity contribution is 0.0224. The third-order valence-corrected chi connectivity index (χ3v) is 12.0. The van der Waals surface area contributed by atoms with E-state index in [2.05, 4.69) is 60.5 Å². The van der Waals surface area contributed by atoms with E-state index in [9.17, 15) is 9.59 Å². The molecule has 1 unspecified atom stereocenters. The van der Waals surface area contributed by atoms with Crippen LogP contribution in [0, 0.1) is 0 Å². The number of ether oxygens (including phenoxy) is 2. The number of esters is 1. The van der Waals surface area contributed by atoms with Gasteiger partial charge < -0.3 is 19.7 Å². The Morgan fingerprint density at radius 3 is 2.06 bits per heavy atom. The zero-order chi connectivity index (χ0) is 34.2. The molecule has 0 aromatic heterocycles. The maximum atomic E-state index is 14.3.